The Morgan fingerprint density at radius 2 is 2.31 bits per heavy atom. The summed E-state index contributed by atoms with van der Waals surface area (Å²) in [6.07, 6.45) is 1.75. The van der Waals surface area contributed by atoms with Gasteiger partial charge in [0.15, 0.2) is 0 Å². The van der Waals surface area contributed by atoms with Gasteiger partial charge in [-0.1, -0.05) is 12.1 Å². The van der Waals surface area contributed by atoms with Crippen molar-refractivity contribution in [3.8, 4) is 0 Å². The average Bonchev–Trinajstić information content (AvgIpc) is 2.29. The molecule has 1 fully saturated rings. The molecule has 0 radical (unpaired) electrons. The molecule has 2 nitrogen and oxygen atoms in total. The third kappa shape index (κ3) is 2.35. The molecule has 1 aliphatic rings. The lowest BCUT2D eigenvalue weighted by atomic mass is 9.91. The van der Waals surface area contributed by atoms with E-state index in [1.54, 1.807) is 0 Å². The van der Waals surface area contributed by atoms with Crippen LogP contribution in [0.15, 0.2) is 24.3 Å². The zero-order chi connectivity index (χ0) is 11.6. The Labute approximate surface area is 96.2 Å². The van der Waals surface area contributed by atoms with Gasteiger partial charge in [-0.25, -0.2) is 4.39 Å². The summed E-state index contributed by atoms with van der Waals surface area (Å²) in [5.41, 5.74) is 7.74. The van der Waals surface area contributed by atoms with Crippen LogP contribution in [0.5, 0.6) is 0 Å². The Bertz CT molecular complexity index is 367. The van der Waals surface area contributed by atoms with E-state index < -0.39 is 12.2 Å². The van der Waals surface area contributed by atoms with E-state index >= 15 is 0 Å². The Morgan fingerprint density at radius 1 is 1.50 bits per heavy atom. The fourth-order valence-corrected chi connectivity index (χ4v) is 2.31. The molecular formula is C13H19FN2. The van der Waals surface area contributed by atoms with Crippen LogP contribution in [0.4, 0.5) is 10.1 Å². The molecule has 0 spiro atoms. The molecule has 0 bridgehead atoms. The number of aryl methyl sites for hydroxylation is 1. The second kappa shape index (κ2) is 4.42. The van der Waals surface area contributed by atoms with Crippen molar-refractivity contribution in [2.24, 2.45) is 5.73 Å². The number of halogens is 1. The van der Waals surface area contributed by atoms with Gasteiger partial charge in [-0.05, 0) is 37.5 Å². The maximum atomic E-state index is 12.9. The van der Waals surface area contributed by atoms with Gasteiger partial charge < -0.3 is 10.6 Å². The van der Waals surface area contributed by atoms with Crippen LogP contribution >= 0.6 is 0 Å². The lowest BCUT2D eigenvalue weighted by Crippen LogP contribution is -2.56. The molecule has 3 heteroatoms. The van der Waals surface area contributed by atoms with Gasteiger partial charge in [0.2, 0.25) is 0 Å². The lowest BCUT2D eigenvalue weighted by Gasteiger charge is -2.39. The molecule has 1 aromatic rings. The second-order valence-corrected chi connectivity index (χ2v) is 4.86. The first kappa shape index (κ1) is 11.4. The van der Waals surface area contributed by atoms with Crippen molar-refractivity contribution >= 4 is 5.69 Å². The first-order chi connectivity index (χ1) is 7.63. The number of rotatable bonds is 2. The first-order valence-electron chi connectivity index (χ1n) is 5.79. The largest absolute Gasteiger partial charge is 0.370 e. The minimum absolute atomic E-state index is 0.435. The van der Waals surface area contributed by atoms with Crippen molar-refractivity contribution in [1.82, 2.24) is 0 Å². The van der Waals surface area contributed by atoms with E-state index in [9.17, 15) is 4.39 Å². The van der Waals surface area contributed by atoms with Crippen molar-refractivity contribution in [1.29, 1.82) is 0 Å². The highest BCUT2D eigenvalue weighted by Gasteiger charge is 2.31. The fraction of sp³-hybridized carbons (Fsp3) is 0.538. The van der Waals surface area contributed by atoms with Crippen molar-refractivity contribution in [2.75, 3.05) is 24.7 Å². The number of hydrogen-bond acceptors (Lipinski definition) is 2. The van der Waals surface area contributed by atoms with Gasteiger partial charge in [0.1, 0.15) is 6.67 Å². The van der Waals surface area contributed by atoms with Gasteiger partial charge >= 0.3 is 0 Å². The predicted octanol–water partition coefficient (Wildman–Crippen LogP) is 2.26. The molecule has 88 valence electrons. The summed E-state index contributed by atoms with van der Waals surface area (Å²) in [7, 11) is 0. The van der Waals surface area contributed by atoms with E-state index in [0.717, 1.165) is 25.1 Å². The van der Waals surface area contributed by atoms with E-state index in [2.05, 4.69) is 30.0 Å². The van der Waals surface area contributed by atoms with Gasteiger partial charge in [-0.3, -0.25) is 0 Å². The number of benzene rings is 1. The molecule has 1 atom stereocenters. The van der Waals surface area contributed by atoms with Crippen LogP contribution in [0.3, 0.4) is 0 Å². The summed E-state index contributed by atoms with van der Waals surface area (Å²) in [5.74, 6) is 0. The van der Waals surface area contributed by atoms with E-state index in [0.29, 0.717) is 6.54 Å². The molecule has 1 unspecified atom stereocenters. The smallest absolute Gasteiger partial charge is 0.109 e. The Balaban J connectivity index is 2.16. The molecule has 0 amide bonds. The highest BCUT2D eigenvalue weighted by Crippen LogP contribution is 2.25. The fourth-order valence-electron chi connectivity index (χ4n) is 2.31. The van der Waals surface area contributed by atoms with Crippen LogP contribution < -0.4 is 10.6 Å². The lowest BCUT2D eigenvalue weighted by molar-refractivity contribution is 0.264. The molecule has 16 heavy (non-hydrogen) atoms. The molecule has 2 N–H and O–H groups in total. The number of piperidine rings is 1. The van der Waals surface area contributed by atoms with Crippen molar-refractivity contribution in [3.63, 3.8) is 0 Å². The highest BCUT2D eigenvalue weighted by molar-refractivity contribution is 5.49. The quantitative estimate of drug-likeness (QED) is 0.831. The summed E-state index contributed by atoms with van der Waals surface area (Å²) in [6, 6.07) is 8.30. The second-order valence-electron chi connectivity index (χ2n) is 4.86. The average molecular weight is 222 g/mol. The van der Waals surface area contributed by atoms with Crippen molar-refractivity contribution < 1.29 is 4.39 Å². The molecule has 2 rings (SSSR count). The molecular weight excluding hydrogens is 203 g/mol. The minimum Gasteiger partial charge on any atom is -0.370 e. The van der Waals surface area contributed by atoms with Crippen LogP contribution in [0.1, 0.15) is 18.4 Å². The molecule has 1 aromatic carbocycles. The topological polar surface area (TPSA) is 29.3 Å². The molecule has 0 saturated carbocycles. The zero-order valence-corrected chi connectivity index (χ0v) is 9.75. The van der Waals surface area contributed by atoms with Crippen molar-refractivity contribution in [3.05, 3.63) is 29.8 Å². The molecule has 0 aromatic heterocycles. The van der Waals surface area contributed by atoms with Gasteiger partial charge in [-0.2, -0.15) is 0 Å². The summed E-state index contributed by atoms with van der Waals surface area (Å²) in [5, 5.41) is 0. The Morgan fingerprint density at radius 3 is 3.00 bits per heavy atom. The number of nitrogens with two attached hydrogens (primary N) is 1. The highest BCUT2D eigenvalue weighted by atomic mass is 19.1. The SMILES string of the molecule is Cc1cccc(N2CCCC(N)(CF)C2)c1. The van der Waals surface area contributed by atoms with E-state index in [4.69, 9.17) is 5.73 Å². The molecule has 0 aliphatic carbocycles. The maximum absolute atomic E-state index is 12.9. The summed E-state index contributed by atoms with van der Waals surface area (Å²) in [4.78, 5) is 2.19. The molecule has 1 heterocycles. The monoisotopic (exact) mass is 222 g/mol. The number of hydrogen-bond donors (Lipinski definition) is 1. The standard InChI is InChI=1S/C13H19FN2/c1-11-4-2-5-12(8-11)16-7-3-6-13(15,9-14)10-16/h2,4-5,8H,3,6-7,9-10,15H2,1H3. The van der Waals surface area contributed by atoms with Crippen molar-refractivity contribution in [2.45, 2.75) is 25.3 Å². The summed E-state index contributed by atoms with van der Waals surface area (Å²) < 4.78 is 12.9. The maximum Gasteiger partial charge on any atom is 0.109 e. The number of alkyl halides is 1. The third-order valence-electron chi connectivity index (χ3n) is 3.24. The predicted molar refractivity (Wildman–Crippen MR) is 65.5 cm³/mol. The summed E-state index contributed by atoms with van der Waals surface area (Å²) in [6.45, 7) is 3.23. The zero-order valence-electron chi connectivity index (χ0n) is 9.75. The van der Waals surface area contributed by atoms with Crippen LogP contribution in [-0.2, 0) is 0 Å². The van der Waals surface area contributed by atoms with Gasteiger partial charge in [0, 0.05) is 18.8 Å². The minimum atomic E-state index is -0.651. The van der Waals surface area contributed by atoms with Gasteiger partial charge in [0.25, 0.3) is 0 Å². The first-order valence-corrected chi connectivity index (χ1v) is 5.79. The molecule has 1 saturated heterocycles. The van der Waals surface area contributed by atoms with Crippen LogP contribution in [0.25, 0.3) is 0 Å². The van der Waals surface area contributed by atoms with E-state index in [1.807, 2.05) is 6.07 Å². The number of anilines is 1. The Kier molecular flexibility index (Phi) is 3.15. The van der Waals surface area contributed by atoms with Gasteiger partial charge in [0.05, 0.1) is 5.54 Å². The summed E-state index contributed by atoms with van der Waals surface area (Å²) >= 11 is 0. The number of nitrogens with zero attached hydrogens (tertiary/aromatic N) is 1. The van der Waals surface area contributed by atoms with Crippen LogP contribution in [0, 0.1) is 6.92 Å². The van der Waals surface area contributed by atoms with Crippen LogP contribution in [0.2, 0.25) is 0 Å². The Hall–Kier alpha value is -1.09. The normalized spacial score (nSPS) is 25.8. The molecule has 1 aliphatic heterocycles. The van der Waals surface area contributed by atoms with E-state index in [-0.39, 0.29) is 0 Å². The third-order valence-corrected chi connectivity index (χ3v) is 3.24. The van der Waals surface area contributed by atoms with Crippen LogP contribution in [-0.4, -0.2) is 25.3 Å². The van der Waals surface area contributed by atoms with E-state index in [1.165, 1.54) is 5.56 Å². The van der Waals surface area contributed by atoms with Gasteiger partial charge in [-0.15, -0.1) is 0 Å².